The average molecular weight is 719 g/mol. The lowest BCUT2D eigenvalue weighted by Gasteiger charge is -2.58. The molecule has 9 unspecified atom stereocenters. The molecule has 2 nitrogen and oxygen atoms in total. The van der Waals surface area contributed by atoms with Crippen LogP contribution in [0, 0.1) is 52.3 Å². The van der Waals surface area contributed by atoms with Crippen LogP contribution in [0.5, 0.6) is 0 Å². The molecule has 4 aliphatic carbocycles. The van der Waals surface area contributed by atoms with Crippen molar-refractivity contribution in [3.8, 4) is 0 Å². The standard InChI is InChI=1S/C50H86O2/c1-8-9-10-11-12-13-14-15-16-17-18-19-20-21-22-23-24-25-26-27-48(51)52-43-34-36-49(6)42(38-43)30-31-44-46-33-32-45(50(46,7)37-35-47(44)49)41(5)29-28-40(4)39(2)3/h15-16,28-30,39-41,43-47H,8-14,17-27,31-38H2,1-7H3/b16-15+,29-28+. The van der Waals surface area contributed by atoms with Crippen LogP contribution in [0.2, 0.25) is 0 Å². The molecule has 9 atom stereocenters. The fourth-order valence-electron chi connectivity index (χ4n) is 11.6. The van der Waals surface area contributed by atoms with Crippen LogP contribution in [0.1, 0.15) is 215 Å². The summed E-state index contributed by atoms with van der Waals surface area (Å²) < 4.78 is 6.15. The number of carbonyl (C=O) groups is 1. The Labute approximate surface area is 324 Å². The molecule has 0 aromatic heterocycles. The molecular formula is C50H86O2. The van der Waals surface area contributed by atoms with Crippen LogP contribution in [0.15, 0.2) is 36.0 Å². The third kappa shape index (κ3) is 12.4. The Kier molecular flexibility index (Phi) is 18.6. The highest BCUT2D eigenvalue weighted by molar-refractivity contribution is 5.69. The van der Waals surface area contributed by atoms with E-state index in [4.69, 9.17) is 4.74 Å². The van der Waals surface area contributed by atoms with E-state index in [0.717, 1.165) is 48.9 Å². The number of ether oxygens (including phenoxy) is 1. The van der Waals surface area contributed by atoms with Crippen LogP contribution in [-0.2, 0) is 9.53 Å². The molecule has 4 aliphatic rings. The van der Waals surface area contributed by atoms with Gasteiger partial charge in [0.2, 0.25) is 0 Å². The first-order valence-corrected chi connectivity index (χ1v) is 23.3. The van der Waals surface area contributed by atoms with Gasteiger partial charge < -0.3 is 4.74 Å². The van der Waals surface area contributed by atoms with Gasteiger partial charge in [0.1, 0.15) is 6.10 Å². The average Bonchev–Trinajstić information content (AvgIpc) is 3.48. The molecule has 0 N–H and O–H groups in total. The fourth-order valence-corrected chi connectivity index (χ4v) is 11.6. The molecule has 0 aromatic rings. The van der Waals surface area contributed by atoms with Gasteiger partial charge in [-0.15, -0.1) is 0 Å². The summed E-state index contributed by atoms with van der Waals surface area (Å²) in [6.45, 7) is 17.1. The quantitative estimate of drug-likeness (QED) is 0.0564. The highest BCUT2D eigenvalue weighted by atomic mass is 16.5. The van der Waals surface area contributed by atoms with Crippen LogP contribution >= 0.6 is 0 Å². The molecule has 0 aromatic carbocycles. The molecule has 3 saturated carbocycles. The maximum absolute atomic E-state index is 12.9. The molecule has 0 heterocycles. The Bertz CT molecular complexity index is 1110. The highest BCUT2D eigenvalue weighted by Gasteiger charge is 2.59. The van der Waals surface area contributed by atoms with E-state index in [1.807, 2.05) is 0 Å². The lowest BCUT2D eigenvalue weighted by molar-refractivity contribution is -0.151. The van der Waals surface area contributed by atoms with E-state index in [2.05, 4.69) is 78.8 Å². The van der Waals surface area contributed by atoms with Crippen molar-refractivity contribution in [2.45, 2.75) is 222 Å². The van der Waals surface area contributed by atoms with Crippen LogP contribution in [0.4, 0.5) is 0 Å². The van der Waals surface area contributed by atoms with Crippen molar-refractivity contribution in [3.05, 3.63) is 36.0 Å². The SMILES string of the molecule is CCCCCCCC/C=C/CCCCCCCCCCCC(=O)OC1CCC2(C)C(=CCC3C2CCC2(C)C(C(C)/C=C/C(C)C(C)C)CCC32)C1. The summed E-state index contributed by atoms with van der Waals surface area (Å²) in [6, 6.07) is 0. The highest BCUT2D eigenvalue weighted by Crippen LogP contribution is 2.67. The van der Waals surface area contributed by atoms with Gasteiger partial charge in [0.15, 0.2) is 0 Å². The van der Waals surface area contributed by atoms with Crippen LogP contribution < -0.4 is 0 Å². The molecule has 298 valence electrons. The number of allylic oxidation sites excluding steroid dienone is 5. The lowest BCUT2D eigenvalue weighted by Crippen LogP contribution is -2.51. The van der Waals surface area contributed by atoms with Gasteiger partial charge in [-0.25, -0.2) is 0 Å². The molecule has 0 spiro atoms. The predicted octanol–water partition coefficient (Wildman–Crippen LogP) is 15.6. The van der Waals surface area contributed by atoms with Crippen molar-refractivity contribution in [1.82, 2.24) is 0 Å². The zero-order chi connectivity index (χ0) is 37.4. The zero-order valence-corrected chi connectivity index (χ0v) is 35.7. The molecule has 0 radical (unpaired) electrons. The Hall–Kier alpha value is -1.31. The maximum Gasteiger partial charge on any atom is 0.306 e. The van der Waals surface area contributed by atoms with Gasteiger partial charge >= 0.3 is 5.97 Å². The number of unbranched alkanes of at least 4 members (excludes halogenated alkanes) is 15. The van der Waals surface area contributed by atoms with Crippen molar-refractivity contribution in [2.75, 3.05) is 0 Å². The largest absolute Gasteiger partial charge is 0.462 e. The van der Waals surface area contributed by atoms with E-state index >= 15 is 0 Å². The van der Waals surface area contributed by atoms with Crippen LogP contribution in [0.25, 0.3) is 0 Å². The van der Waals surface area contributed by atoms with Crippen molar-refractivity contribution >= 4 is 5.97 Å². The minimum Gasteiger partial charge on any atom is -0.462 e. The maximum atomic E-state index is 12.9. The van der Waals surface area contributed by atoms with E-state index < -0.39 is 0 Å². The minimum absolute atomic E-state index is 0.0558. The Balaban J connectivity index is 1.06. The van der Waals surface area contributed by atoms with Gasteiger partial charge in [-0.1, -0.05) is 161 Å². The summed E-state index contributed by atoms with van der Waals surface area (Å²) in [5, 5.41) is 0. The normalized spacial score (nSPS) is 31.4. The van der Waals surface area contributed by atoms with E-state index in [9.17, 15) is 4.79 Å². The molecule has 3 fully saturated rings. The first-order chi connectivity index (χ1) is 25.1. The first kappa shape index (κ1) is 43.4. The zero-order valence-electron chi connectivity index (χ0n) is 35.7. The van der Waals surface area contributed by atoms with E-state index in [-0.39, 0.29) is 12.1 Å². The Morgan fingerprint density at radius 3 is 2.00 bits per heavy atom. The number of hydrogen-bond donors (Lipinski definition) is 0. The van der Waals surface area contributed by atoms with Gasteiger partial charge in [-0.2, -0.15) is 0 Å². The lowest BCUT2D eigenvalue weighted by atomic mass is 9.47. The second-order valence-corrected chi connectivity index (χ2v) is 19.4. The second kappa shape index (κ2) is 22.3. The fraction of sp³-hybridized carbons (Fsp3) is 0.860. The van der Waals surface area contributed by atoms with Crippen molar-refractivity contribution < 1.29 is 9.53 Å². The van der Waals surface area contributed by atoms with Gasteiger partial charge in [-0.3, -0.25) is 4.79 Å². The number of carbonyl (C=O) groups excluding carboxylic acids is 1. The molecule has 0 saturated heterocycles. The Morgan fingerprint density at radius 1 is 0.750 bits per heavy atom. The van der Waals surface area contributed by atoms with E-state index in [1.165, 1.54) is 141 Å². The van der Waals surface area contributed by atoms with Gasteiger partial charge in [0.05, 0.1) is 0 Å². The van der Waals surface area contributed by atoms with Crippen molar-refractivity contribution in [2.24, 2.45) is 52.3 Å². The third-order valence-electron chi connectivity index (χ3n) is 15.5. The molecule has 0 amide bonds. The first-order valence-electron chi connectivity index (χ1n) is 23.3. The monoisotopic (exact) mass is 719 g/mol. The molecule has 2 heteroatoms. The molecule has 52 heavy (non-hydrogen) atoms. The second-order valence-electron chi connectivity index (χ2n) is 19.4. The molecule has 0 bridgehead atoms. The summed E-state index contributed by atoms with van der Waals surface area (Å²) in [7, 11) is 0. The Morgan fingerprint density at radius 2 is 1.37 bits per heavy atom. The van der Waals surface area contributed by atoms with E-state index in [1.54, 1.807) is 5.57 Å². The molecule has 4 rings (SSSR count). The molecular weight excluding hydrogens is 633 g/mol. The predicted molar refractivity (Wildman–Crippen MR) is 225 cm³/mol. The van der Waals surface area contributed by atoms with Crippen molar-refractivity contribution in [1.29, 1.82) is 0 Å². The van der Waals surface area contributed by atoms with Gasteiger partial charge in [0, 0.05) is 12.8 Å². The molecule has 0 aliphatic heterocycles. The van der Waals surface area contributed by atoms with Crippen LogP contribution in [0.3, 0.4) is 0 Å². The number of rotatable bonds is 24. The summed E-state index contributed by atoms with van der Waals surface area (Å²) in [4.78, 5) is 12.9. The van der Waals surface area contributed by atoms with Gasteiger partial charge in [0.25, 0.3) is 0 Å². The minimum atomic E-state index is 0.0558. The number of hydrogen-bond acceptors (Lipinski definition) is 2. The van der Waals surface area contributed by atoms with Crippen molar-refractivity contribution in [3.63, 3.8) is 0 Å². The van der Waals surface area contributed by atoms with Gasteiger partial charge in [-0.05, 0) is 129 Å². The smallest absolute Gasteiger partial charge is 0.306 e. The summed E-state index contributed by atoms with van der Waals surface area (Å²) in [6.07, 6.45) is 45.9. The number of esters is 1. The van der Waals surface area contributed by atoms with E-state index in [0.29, 0.717) is 29.1 Å². The van der Waals surface area contributed by atoms with Crippen LogP contribution in [-0.4, -0.2) is 12.1 Å². The third-order valence-corrected chi connectivity index (χ3v) is 15.5. The summed E-state index contributed by atoms with van der Waals surface area (Å²) in [5.74, 6) is 5.47. The number of fused-ring (bicyclic) bond motifs is 5. The topological polar surface area (TPSA) is 26.3 Å². The summed E-state index contributed by atoms with van der Waals surface area (Å²) in [5.41, 5.74) is 2.44. The summed E-state index contributed by atoms with van der Waals surface area (Å²) >= 11 is 0.